The molecular formula is C63H47N3. The van der Waals surface area contributed by atoms with Crippen molar-refractivity contribution in [2.75, 3.05) is 0 Å². The van der Waals surface area contributed by atoms with E-state index in [-0.39, 0.29) is 16.2 Å². The Labute approximate surface area is 387 Å². The summed E-state index contributed by atoms with van der Waals surface area (Å²) in [6.45, 7) is 18.4. The molecule has 0 heterocycles. The standard InChI is InChI=1S/C63H47N3/c1-37-11-9-8-10-12-45(43-18-25-51-48-21-14-39(35-65)28-55(48)62(4,5)58(51)32-43)46-23-16-41(42-17-24-50-47-20-13-38(34-64)27-54(47)61(2,3)57(50)31-42)30-53(46)60(37)44-19-26-52-49-22-15-40(36-66)29-56(49)63(6,7)59(52)33-44/h8-11,13-33H,1,12H2,2-7H3/b10-8-,11-9-,46-45+,60-53?. The highest BCUT2D eigenvalue weighted by atomic mass is 14.4. The maximum Gasteiger partial charge on any atom is 0.0991 e. The van der Waals surface area contributed by atoms with Gasteiger partial charge in [-0.3, -0.25) is 0 Å². The lowest BCUT2D eigenvalue weighted by atomic mass is 9.80. The Bertz CT molecular complexity index is 3690. The minimum atomic E-state index is -0.322. The smallest absolute Gasteiger partial charge is 0.0991 e. The maximum atomic E-state index is 9.86. The predicted molar refractivity (Wildman–Crippen MR) is 268 cm³/mol. The third-order valence-corrected chi connectivity index (χ3v) is 15.2. The van der Waals surface area contributed by atoms with Crippen LogP contribution in [0, 0.1) is 34.0 Å². The molecule has 0 fully saturated rings. The van der Waals surface area contributed by atoms with Crippen molar-refractivity contribution in [3.8, 4) is 62.7 Å². The van der Waals surface area contributed by atoms with E-state index < -0.39 is 0 Å². The molecule has 3 nitrogen and oxygen atoms in total. The lowest BCUT2D eigenvalue weighted by molar-refractivity contribution is 0.659. The van der Waals surface area contributed by atoms with Crippen molar-refractivity contribution in [2.24, 2.45) is 0 Å². The van der Waals surface area contributed by atoms with Gasteiger partial charge in [-0.1, -0.05) is 139 Å². The summed E-state index contributed by atoms with van der Waals surface area (Å²) in [6, 6.07) is 53.0. The van der Waals surface area contributed by atoms with E-state index in [4.69, 9.17) is 6.58 Å². The zero-order chi connectivity index (χ0) is 45.9. The van der Waals surface area contributed by atoms with Gasteiger partial charge in [-0.25, -0.2) is 0 Å². The van der Waals surface area contributed by atoms with Crippen molar-refractivity contribution < 1.29 is 0 Å². The molecule has 11 rings (SSSR count). The van der Waals surface area contributed by atoms with Crippen molar-refractivity contribution >= 4 is 11.1 Å². The Morgan fingerprint density at radius 1 is 0.409 bits per heavy atom. The van der Waals surface area contributed by atoms with Crippen molar-refractivity contribution in [1.29, 1.82) is 15.8 Å². The molecule has 0 N–H and O–H groups in total. The van der Waals surface area contributed by atoms with Gasteiger partial charge in [-0.05, 0) is 183 Å². The fourth-order valence-electron chi connectivity index (χ4n) is 11.6. The predicted octanol–water partition coefficient (Wildman–Crippen LogP) is 13.4. The van der Waals surface area contributed by atoms with Crippen LogP contribution in [0.4, 0.5) is 0 Å². The number of rotatable bonds is 3. The van der Waals surface area contributed by atoms with Crippen LogP contribution in [-0.4, -0.2) is 0 Å². The molecule has 0 saturated carbocycles. The van der Waals surface area contributed by atoms with Gasteiger partial charge in [-0.15, -0.1) is 0 Å². The highest BCUT2D eigenvalue weighted by Gasteiger charge is 2.38. The van der Waals surface area contributed by atoms with Crippen LogP contribution in [0.5, 0.6) is 0 Å². The van der Waals surface area contributed by atoms with E-state index in [0.29, 0.717) is 23.1 Å². The average Bonchev–Trinajstić information content (AvgIpc) is 3.80. The highest BCUT2D eigenvalue weighted by Crippen LogP contribution is 2.52. The molecule has 3 heteroatoms. The minimum absolute atomic E-state index is 0.281. The minimum Gasteiger partial charge on any atom is -0.192 e. The second-order valence-electron chi connectivity index (χ2n) is 19.9. The van der Waals surface area contributed by atoms with Gasteiger partial charge in [0.1, 0.15) is 0 Å². The normalized spacial score (nSPS) is 17.9. The quantitative estimate of drug-likeness (QED) is 0.178. The van der Waals surface area contributed by atoms with Crippen LogP contribution in [0.1, 0.15) is 109 Å². The van der Waals surface area contributed by atoms with Gasteiger partial charge in [0.15, 0.2) is 0 Å². The summed E-state index contributed by atoms with van der Waals surface area (Å²) in [4.78, 5) is 0. The molecule has 4 aliphatic carbocycles. The maximum absolute atomic E-state index is 9.86. The van der Waals surface area contributed by atoms with E-state index in [9.17, 15) is 15.8 Å². The van der Waals surface area contributed by atoms with Crippen molar-refractivity contribution in [3.63, 3.8) is 0 Å². The number of nitrogens with zero attached hydrogens (tertiary/aromatic N) is 3. The van der Waals surface area contributed by atoms with Gasteiger partial charge in [0.05, 0.1) is 34.9 Å². The lowest BCUT2D eigenvalue weighted by Gasteiger charge is -2.23. The number of hydrogen-bond donors (Lipinski definition) is 0. The van der Waals surface area contributed by atoms with E-state index >= 15 is 0 Å². The van der Waals surface area contributed by atoms with Crippen molar-refractivity contribution in [1.82, 2.24) is 0 Å². The summed E-state index contributed by atoms with van der Waals surface area (Å²) < 4.78 is 0. The molecule has 0 amide bonds. The van der Waals surface area contributed by atoms with Gasteiger partial charge < -0.3 is 0 Å². The lowest BCUT2D eigenvalue weighted by Crippen LogP contribution is -2.31. The summed E-state index contributed by atoms with van der Waals surface area (Å²) in [6.07, 6.45) is 9.34. The Morgan fingerprint density at radius 2 is 0.788 bits per heavy atom. The number of hydrogen-bond acceptors (Lipinski definition) is 3. The second-order valence-corrected chi connectivity index (χ2v) is 19.9. The summed E-state index contributed by atoms with van der Waals surface area (Å²) in [5, 5.41) is 31.7. The van der Waals surface area contributed by atoms with Crippen LogP contribution < -0.4 is 10.4 Å². The van der Waals surface area contributed by atoms with Gasteiger partial charge in [0, 0.05) is 16.2 Å². The number of benzene rings is 7. The molecule has 4 aliphatic rings. The molecule has 7 aromatic rings. The molecular weight excluding hydrogens is 799 g/mol. The first-order valence-corrected chi connectivity index (χ1v) is 22.7. The first-order valence-electron chi connectivity index (χ1n) is 22.7. The van der Waals surface area contributed by atoms with Gasteiger partial charge in [0.25, 0.3) is 0 Å². The molecule has 0 unspecified atom stereocenters. The molecule has 0 aliphatic heterocycles. The van der Waals surface area contributed by atoms with E-state index in [2.05, 4.69) is 193 Å². The fraction of sp³-hybridized carbons (Fsp3) is 0.159. The van der Waals surface area contributed by atoms with Crippen LogP contribution in [0.3, 0.4) is 0 Å². The van der Waals surface area contributed by atoms with Gasteiger partial charge in [0.2, 0.25) is 0 Å². The Hall–Kier alpha value is -8.03. The SMILES string of the molecule is C=C1/C=C\C=C/C/C(c2ccc3c(c2)C(C)(C)c2cc(C#N)ccc2-3)=c2/ccc(-c3ccc4c(c3)C(C)(C)c3cc(C#N)ccc3-4)cc2=C1c1ccc2c(c1)C(C)(C)c1cc(C#N)ccc1-2. The third kappa shape index (κ3) is 5.92. The topological polar surface area (TPSA) is 71.4 Å². The Morgan fingerprint density at radius 3 is 1.27 bits per heavy atom. The van der Waals surface area contributed by atoms with E-state index in [1.54, 1.807) is 0 Å². The Kier molecular flexibility index (Phi) is 8.94. The summed E-state index contributed by atoms with van der Waals surface area (Å²) in [7, 11) is 0. The highest BCUT2D eigenvalue weighted by molar-refractivity contribution is 5.90. The van der Waals surface area contributed by atoms with E-state index in [1.807, 2.05) is 18.2 Å². The molecule has 0 spiro atoms. The number of nitriles is 3. The average molecular weight is 846 g/mol. The molecule has 0 saturated heterocycles. The van der Waals surface area contributed by atoms with Crippen molar-refractivity contribution in [2.45, 2.75) is 64.2 Å². The molecule has 66 heavy (non-hydrogen) atoms. The number of allylic oxidation sites excluding steroid dienone is 5. The molecule has 0 atom stereocenters. The monoisotopic (exact) mass is 845 g/mol. The summed E-state index contributed by atoms with van der Waals surface area (Å²) in [5.41, 5.74) is 23.3. The molecule has 0 bridgehead atoms. The van der Waals surface area contributed by atoms with Crippen LogP contribution in [0.25, 0.3) is 55.7 Å². The first-order chi connectivity index (χ1) is 31.7. The summed E-state index contributed by atoms with van der Waals surface area (Å²) >= 11 is 0. The molecule has 314 valence electrons. The zero-order valence-corrected chi connectivity index (χ0v) is 38.2. The van der Waals surface area contributed by atoms with Gasteiger partial charge >= 0.3 is 0 Å². The van der Waals surface area contributed by atoms with E-state index in [0.717, 1.165) is 43.8 Å². The third-order valence-electron chi connectivity index (χ3n) is 15.2. The largest absolute Gasteiger partial charge is 0.192 e. The van der Waals surface area contributed by atoms with Crippen LogP contribution in [0.2, 0.25) is 0 Å². The second kappa shape index (κ2) is 14.5. The van der Waals surface area contributed by atoms with Crippen LogP contribution in [-0.2, 0) is 16.2 Å². The Balaban J connectivity index is 1.18. The fourth-order valence-corrected chi connectivity index (χ4v) is 11.6. The molecule has 0 aromatic heterocycles. The van der Waals surface area contributed by atoms with E-state index in [1.165, 1.54) is 72.3 Å². The molecule has 0 radical (unpaired) electrons. The van der Waals surface area contributed by atoms with Gasteiger partial charge in [-0.2, -0.15) is 15.8 Å². The first kappa shape index (κ1) is 40.7. The van der Waals surface area contributed by atoms with Crippen molar-refractivity contribution in [3.05, 3.63) is 235 Å². The summed E-state index contributed by atoms with van der Waals surface area (Å²) in [5.74, 6) is 0. The molecule has 7 aromatic carbocycles. The van der Waals surface area contributed by atoms with Crippen LogP contribution in [0.15, 0.2) is 164 Å². The number of fused-ring (bicyclic) bond motifs is 10. The van der Waals surface area contributed by atoms with Crippen LogP contribution >= 0.6 is 0 Å². The zero-order valence-electron chi connectivity index (χ0n) is 38.2.